The van der Waals surface area contributed by atoms with Crippen molar-refractivity contribution in [2.45, 2.75) is 0 Å². The Morgan fingerprint density at radius 3 is 2.55 bits per heavy atom. The Labute approximate surface area is 132 Å². The summed E-state index contributed by atoms with van der Waals surface area (Å²) in [5.74, 6) is 1.87. The molecule has 1 fully saturated rings. The smallest absolute Gasteiger partial charge is 0.193 e. The van der Waals surface area contributed by atoms with E-state index in [-0.39, 0.29) is 0 Å². The Morgan fingerprint density at radius 2 is 1.91 bits per heavy atom. The van der Waals surface area contributed by atoms with Crippen LogP contribution in [0.1, 0.15) is 0 Å². The van der Waals surface area contributed by atoms with Crippen LogP contribution >= 0.6 is 0 Å². The molecule has 1 aliphatic heterocycles. The molecule has 6 heteroatoms. The van der Waals surface area contributed by atoms with Crippen molar-refractivity contribution in [2.24, 2.45) is 4.99 Å². The Balaban J connectivity index is 1.92. The van der Waals surface area contributed by atoms with Crippen molar-refractivity contribution in [2.75, 3.05) is 65.5 Å². The van der Waals surface area contributed by atoms with E-state index in [1.807, 2.05) is 19.2 Å². The van der Waals surface area contributed by atoms with Gasteiger partial charge in [0.15, 0.2) is 5.96 Å². The molecule has 0 bridgehead atoms. The van der Waals surface area contributed by atoms with Gasteiger partial charge in [-0.05, 0) is 12.1 Å². The van der Waals surface area contributed by atoms with Gasteiger partial charge in [-0.1, -0.05) is 12.1 Å². The molecule has 1 aromatic carbocycles. The summed E-state index contributed by atoms with van der Waals surface area (Å²) in [7, 11) is 5.24. The number of aliphatic imine (C=N–C) groups is 1. The normalized spacial score (nSPS) is 15.9. The van der Waals surface area contributed by atoms with Crippen molar-refractivity contribution in [1.82, 2.24) is 10.2 Å². The summed E-state index contributed by atoms with van der Waals surface area (Å²) in [5.41, 5.74) is 1.16. The van der Waals surface area contributed by atoms with Crippen LogP contribution in [0.25, 0.3) is 0 Å². The second kappa shape index (κ2) is 8.48. The third kappa shape index (κ3) is 4.04. The second-order valence-corrected chi connectivity index (χ2v) is 5.11. The maximum Gasteiger partial charge on any atom is 0.193 e. The van der Waals surface area contributed by atoms with Crippen LogP contribution in [0, 0.1) is 0 Å². The van der Waals surface area contributed by atoms with E-state index < -0.39 is 0 Å². The van der Waals surface area contributed by atoms with Gasteiger partial charge in [-0.2, -0.15) is 0 Å². The number of para-hydroxylation sites is 2. The molecule has 0 saturated carbocycles. The zero-order valence-corrected chi connectivity index (χ0v) is 13.7. The predicted molar refractivity (Wildman–Crippen MR) is 90.0 cm³/mol. The number of hydrogen-bond acceptors (Lipinski definition) is 4. The summed E-state index contributed by atoms with van der Waals surface area (Å²) in [6, 6.07) is 8.17. The number of nitrogens with one attached hydrogen (secondary N) is 1. The molecule has 0 spiro atoms. The fourth-order valence-corrected chi connectivity index (χ4v) is 2.65. The highest BCUT2D eigenvalue weighted by molar-refractivity contribution is 5.80. The molecule has 1 aliphatic rings. The lowest BCUT2D eigenvalue weighted by molar-refractivity contribution is 0.202. The van der Waals surface area contributed by atoms with Gasteiger partial charge in [-0.15, -0.1) is 0 Å². The minimum absolute atomic E-state index is 0.681. The molecule has 1 aromatic rings. The monoisotopic (exact) mass is 306 g/mol. The number of methoxy groups -OCH3 is 2. The number of benzene rings is 1. The second-order valence-electron chi connectivity index (χ2n) is 5.11. The fourth-order valence-electron chi connectivity index (χ4n) is 2.65. The van der Waals surface area contributed by atoms with E-state index in [2.05, 4.69) is 32.2 Å². The summed E-state index contributed by atoms with van der Waals surface area (Å²) in [5, 5.41) is 3.32. The van der Waals surface area contributed by atoms with Crippen LogP contribution < -0.4 is 15.0 Å². The molecule has 22 heavy (non-hydrogen) atoms. The van der Waals surface area contributed by atoms with Gasteiger partial charge in [0.1, 0.15) is 5.75 Å². The number of nitrogens with zero attached hydrogens (tertiary/aromatic N) is 3. The predicted octanol–water partition coefficient (Wildman–Crippen LogP) is 1.04. The van der Waals surface area contributed by atoms with Gasteiger partial charge in [0.05, 0.1) is 19.4 Å². The fraction of sp³-hybridized carbons (Fsp3) is 0.562. The first kappa shape index (κ1) is 16.4. The molecule has 0 atom stereocenters. The van der Waals surface area contributed by atoms with Crippen molar-refractivity contribution in [3.63, 3.8) is 0 Å². The number of rotatable bonds is 5. The minimum Gasteiger partial charge on any atom is -0.495 e. The van der Waals surface area contributed by atoms with Gasteiger partial charge < -0.3 is 24.6 Å². The van der Waals surface area contributed by atoms with Crippen LogP contribution in [0.5, 0.6) is 5.75 Å². The van der Waals surface area contributed by atoms with E-state index in [0.717, 1.165) is 50.1 Å². The van der Waals surface area contributed by atoms with E-state index in [0.29, 0.717) is 6.61 Å². The van der Waals surface area contributed by atoms with Crippen molar-refractivity contribution < 1.29 is 9.47 Å². The molecule has 2 rings (SSSR count). The van der Waals surface area contributed by atoms with Crippen molar-refractivity contribution in [1.29, 1.82) is 0 Å². The maximum atomic E-state index is 5.45. The Morgan fingerprint density at radius 1 is 1.18 bits per heavy atom. The number of piperazine rings is 1. The van der Waals surface area contributed by atoms with Crippen molar-refractivity contribution >= 4 is 11.6 Å². The lowest BCUT2D eigenvalue weighted by Gasteiger charge is -2.38. The largest absolute Gasteiger partial charge is 0.495 e. The zero-order chi connectivity index (χ0) is 15.8. The van der Waals surface area contributed by atoms with Crippen LogP contribution in [-0.4, -0.2) is 71.5 Å². The van der Waals surface area contributed by atoms with Crippen molar-refractivity contribution in [3.05, 3.63) is 24.3 Å². The number of hydrogen-bond donors (Lipinski definition) is 1. The van der Waals surface area contributed by atoms with Crippen LogP contribution in [0.4, 0.5) is 5.69 Å². The molecule has 0 radical (unpaired) electrons. The first-order chi connectivity index (χ1) is 10.8. The van der Waals surface area contributed by atoms with Gasteiger partial charge in [-0.3, -0.25) is 4.99 Å². The van der Waals surface area contributed by atoms with Crippen LogP contribution in [0.3, 0.4) is 0 Å². The summed E-state index contributed by atoms with van der Waals surface area (Å²) >= 11 is 0. The molecular formula is C16H26N4O2. The lowest BCUT2D eigenvalue weighted by atomic mass is 10.2. The quantitative estimate of drug-likeness (QED) is 0.500. The number of anilines is 1. The summed E-state index contributed by atoms with van der Waals surface area (Å²) < 4.78 is 10.5. The first-order valence-electron chi connectivity index (χ1n) is 7.62. The summed E-state index contributed by atoms with van der Waals surface area (Å²) in [6.07, 6.45) is 0. The van der Waals surface area contributed by atoms with Gasteiger partial charge >= 0.3 is 0 Å². The van der Waals surface area contributed by atoms with E-state index in [1.54, 1.807) is 14.2 Å². The standard InChI is InChI=1S/C16H26N4O2/c1-17-16(18-8-13-21-2)20-11-9-19(10-12-20)14-6-4-5-7-15(14)22-3/h4-7H,8-13H2,1-3H3,(H,17,18). The average Bonchev–Trinajstić information content (AvgIpc) is 2.59. The average molecular weight is 306 g/mol. The molecule has 0 amide bonds. The molecule has 1 saturated heterocycles. The highest BCUT2D eigenvalue weighted by Gasteiger charge is 2.21. The van der Waals surface area contributed by atoms with Crippen LogP contribution in [0.15, 0.2) is 29.3 Å². The van der Waals surface area contributed by atoms with Crippen LogP contribution in [0.2, 0.25) is 0 Å². The molecular weight excluding hydrogens is 280 g/mol. The van der Waals surface area contributed by atoms with Gasteiger partial charge in [0, 0.05) is 46.9 Å². The minimum atomic E-state index is 0.681. The number of guanidine groups is 1. The SMILES string of the molecule is CN=C(NCCOC)N1CCN(c2ccccc2OC)CC1. The van der Waals surface area contributed by atoms with Gasteiger partial charge in [0.25, 0.3) is 0 Å². The van der Waals surface area contributed by atoms with E-state index in [1.165, 1.54) is 0 Å². The Bertz CT molecular complexity index is 485. The molecule has 0 unspecified atom stereocenters. The number of ether oxygens (including phenoxy) is 2. The Kier molecular flexibility index (Phi) is 6.33. The topological polar surface area (TPSA) is 49.3 Å². The highest BCUT2D eigenvalue weighted by atomic mass is 16.5. The van der Waals surface area contributed by atoms with Gasteiger partial charge in [0.2, 0.25) is 0 Å². The van der Waals surface area contributed by atoms with E-state index in [9.17, 15) is 0 Å². The first-order valence-corrected chi connectivity index (χ1v) is 7.62. The Hall–Kier alpha value is -1.95. The third-order valence-corrected chi connectivity index (χ3v) is 3.81. The van der Waals surface area contributed by atoms with Crippen LogP contribution in [-0.2, 0) is 4.74 Å². The zero-order valence-electron chi connectivity index (χ0n) is 13.7. The van der Waals surface area contributed by atoms with Crippen molar-refractivity contribution in [3.8, 4) is 5.75 Å². The third-order valence-electron chi connectivity index (χ3n) is 3.81. The molecule has 0 aromatic heterocycles. The van der Waals surface area contributed by atoms with E-state index >= 15 is 0 Å². The maximum absolute atomic E-state index is 5.45. The molecule has 0 aliphatic carbocycles. The highest BCUT2D eigenvalue weighted by Crippen LogP contribution is 2.28. The molecule has 1 N–H and O–H groups in total. The molecule has 1 heterocycles. The lowest BCUT2D eigenvalue weighted by Crippen LogP contribution is -2.53. The molecule has 6 nitrogen and oxygen atoms in total. The van der Waals surface area contributed by atoms with Gasteiger partial charge in [-0.25, -0.2) is 0 Å². The van der Waals surface area contributed by atoms with E-state index in [4.69, 9.17) is 9.47 Å². The molecule has 122 valence electrons. The summed E-state index contributed by atoms with van der Waals surface area (Å²) in [4.78, 5) is 8.99. The summed E-state index contributed by atoms with van der Waals surface area (Å²) in [6.45, 7) is 5.22.